The number of rotatable bonds is 6. The summed E-state index contributed by atoms with van der Waals surface area (Å²) in [6.07, 6.45) is 4.36. The zero-order chi connectivity index (χ0) is 23.1. The average molecular weight is 453 g/mol. The Morgan fingerprint density at radius 2 is 1.78 bits per heavy atom. The fourth-order valence-electron chi connectivity index (χ4n) is 2.58. The van der Waals surface area contributed by atoms with Gasteiger partial charge in [-0.1, -0.05) is 12.1 Å². The van der Waals surface area contributed by atoms with E-state index in [1.165, 1.54) is 24.3 Å². The van der Waals surface area contributed by atoms with E-state index in [1.807, 2.05) is 0 Å². The normalized spacial score (nSPS) is 12.6. The molecule has 3 rings (SSSR count). The standard InChI is InChI=1S/C21H19N5O5S/c27-18(11-4-13-2-1-3-17(12-13)26(30)31)23-21(32)25-24-20(29)15-7-9-16(10-8-15)22-19(28)14-5-6-14/h1-4,7-12,14H,5-6H2,(H,22,28)(H,24,29)(H2,23,25,27,32)/b11-4+. The molecule has 0 radical (unpaired) electrons. The van der Waals surface area contributed by atoms with E-state index in [2.05, 4.69) is 21.5 Å². The molecule has 0 saturated heterocycles. The Labute approximate surface area is 188 Å². The maximum atomic E-state index is 12.2. The van der Waals surface area contributed by atoms with Crippen LogP contribution >= 0.6 is 12.2 Å². The van der Waals surface area contributed by atoms with Crippen molar-refractivity contribution in [1.82, 2.24) is 16.2 Å². The molecule has 1 aliphatic carbocycles. The van der Waals surface area contributed by atoms with Gasteiger partial charge in [0, 0.05) is 35.4 Å². The SMILES string of the molecule is O=C(/C=C/c1cccc([N+](=O)[O-])c1)NC(=S)NNC(=O)c1ccc(NC(=O)C2CC2)cc1. The van der Waals surface area contributed by atoms with Gasteiger partial charge in [0.15, 0.2) is 5.11 Å². The lowest BCUT2D eigenvalue weighted by molar-refractivity contribution is -0.384. The Balaban J connectivity index is 1.44. The molecule has 2 aromatic rings. The first kappa shape index (κ1) is 22.6. The van der Waals surface area contributed by atoms with Crippen LogP contribution in [0.25, 0.3) is 6.08 Å². The highest BCUT2D eigenvalue weighted by atomic mass is 32.1. The third kappa shape index (κ3) is 6.71. The van der Waals surface area contributed by atoms with E-state index >= 15 is 0 Å². The maximum absolute atomic E-state index is 12.2. The summed E-state index contributed by atoms with van der Waals surface area (Å²) in [5, 5.41) is 15.8. The molecule has 1 saturated carbocycles. The summed E-state index contributed by atoms with van der Waals surface area (Å²) in [7, 11) is 0. The van der Waals surface area contributed by atoms with Gasteiger partial charge in [0.25, 0.3) is 11.6 Å². The van der Waals surface area contributed by atoms with Gasteiger partial charge in [-0.15, -0.1) is 0 Å². The number of thiocarbonyl (C=S) groups is 1. The molecule has 1 fully saturated rings. The lowest BCUT2D eigenvalue weighted by atomic mass is 10.2. The van der Waals surface area contributed by atoms with Gasteiger partial charge >= 0.3 is 0 Å². The summed E-state index contributed by atoms with van der Waals surface area (Å²) in [5.74, 6) is -1.02. The number of carbonyl (C=O) groups excluding carboxylic acids is 3. The average Bonchev–Trinajstić information content (AvgIpc) is 3.62. The second kappa shape index (κ2) is 10.3. The van der Waals surface area contributed by atoms with Crippen LogP contribution in [0.4, 0.5) is 11.4 Å². The van der Waals surface area contributed by atoms with Crippen molar-refractivity contribution < 1.29 is 19.3 Å². The zero-order valence-corrected chi connectivity index (χ0v) is 17.5. The number of nitrogens with one attached hydrogen (secondary N) is 4. The van der Waals surface area contributed by atoms with Gasteiger partial charge in [0.05, 0.1) is 4.92 Å². The molecule has 164 valence electrons. The third-order valence-electron chi connectivity index (χ3n) is 4.40. The fourth-order valence-corrected chi connectivity index (χ4v) is 2.73. The minimum atomic E-state index is -0.584. The Morgan fingerprint density at radius 3 is 2.44 bits per heavy atom. The van der Waals surface area contributed by atoms with Gasteiger partial charge < -0.3 is 5.32 Å². The molecule has 0 aliphatic heterocycles. The van der Waals surface area contributed by atoms with E-state index in [-0.39, 0.29) is 22.6 Å². The van der Waals surface area contributed by atoms with Crippen LogP contribution in [0.3, 0.4) is 0 Å². The number of carbonyl (C=O) groups is 3. The highest BCUT2D eigenvalue weighted by Gasteiger charge is 2.29. The van der Waals surface area contributed by atoms with Crippen molar-refractivity contribution >= 4 is 52.5 Å². The molecule has 3 amide bonds. The molecule has 0 unspecified atom stereocenters. The Kier molecular flexibility index (Phi) is 7.24. The van der Waals surface area contributed by atoms with E-state index in [0.717, 1.165) is 18.9 Å². The molecule has 0 heterocycles. The van der Waals surface area contributed by atoms with Crippen molar-refractivity contribution in [2.75, 3.05) is 5.32 Å². The van der Waals surface area contributed by atoms with Crippen molar-refractivity contribution in [1.29, 1.82) is 0 Å². The van der Waals surface area contributed by atoms with Crippen LogP contribution in [0.15, 0.2) is 54.6 Å². The van der Waals surface area contributed by atoms with E-state index in [0.29, 0.717) is 16.8 Å². The van der Waals surface area contributed by atoms with Gasteiger partial charge in [0.1, 0.15) is 0 Å². The minimum absolute atomic E-state index is 0.0236. The van der Waals surface area contributed by atoms with E-state index in [1.54, 1.807) is 30.3 Å². The smallest absolute Gasteiger partial charge is 0.270 e. The molecule has 0 atom stereocenters. The predicted molar refractivity (Wildman–Crippen MR) is 121 cm³/mol. The number of anilines is 1. The molecule has 11 heteroatoms. The van der Waals surface area contributed by atoms with Gasteiger partial charge in [0.2, 0.25) is 11.8 Å². The van der Waals surface area contributed by atoms with Gasteiger partial charge in [-0.3, -0.25) is 40.7 Å². The van der Waals surface area contributed by atoms with Crippen molar-refractivity contribution in [3.8, 4) is 0 Å². The molecule has 10 nitrogen and oxygen atoms in total. The number of nitro benzene ring substituents is 1. The molecule has 0 spiro atoms. The first-order valence-electron chi connectivity index (χ1n) is 9.56. The van der Waals surface area contributed by atoms with Crippen LogP contribution in [0.5, 0.6) is 0 Å². The predicted octanol–water partition coefficient (Wildman–Crippen LogP) is 2.29. The summed E-state index contributed by atoms with van der Waals surface area (Å²) in [6.45, 7) is 0. The van der Waals surface area contributed by atoms with Crippen LogP contribution in [-0.4, -0.2) is 27.8 Å². The van der Waals surface area contributed by atoms with Crippen molar-refractivity contribution in [2.45, 2.75) is 12.8 Å². The first-order valence-corrected chi connectivity index (χ1v) is 9.97. The zero-order valence-electron chi connectivity index (χ0n) is 16.7. The molecule has 32 heavy (non-hydrogen) atoms. The fraction of sp³-hybridized carbons (Fsp3) is 0.143. The largest absolute Gasteiger partial charge is 0.326 e. The van der Waals surface area contributed by atoms with Gasteiger partial charge in [-0.25, -0.2) is 0 Å². The number of nitro groups is 1. The summed E-state index contributed by atoms with van der Waals surface area (Å²) < 4.78 is 0. The van der Waals surface area contributed by atoms with E-state index in [9.17, 15) is 24.5 Å². The molecular formula is C21H19N5O5S. The number of hydrogen-bond donors (Lipinski definition) is 4. The van der Waals surface area contributed by atoms with Crippen LogP contribution in [0, 0.1) is 16.0 Å². The maximum Gasteiger partial charge on any atom is 0.270 e. The number of nitrogens with zero attached hydrogens (tertiary/aromatic N) is 1. The first-order chi connectivity index (χ1) is 15.3. The number of non-ortho nitro benzene ring substituents is 1. The van der Waals surface area contributed by atoms with Crippen molar-refractivity contribution in [3.05, 3.63) is 75.8 Å². The molecular weight excluding hydrogens is 434 g/mol. The van der Waals surface area contributed by atoms with Crippen LogP contribution in [0.2, 0.25) is 0 Å². The minimum Gasteiger partial charge on any atom is -0.326 e. The van der Waals surface area contributed by atoms with Crippen LogP contribution in [-0.2, 0) is 9.59 Å². The lowest BCUT2D eigenvalue weighted by Crippen LogP contribution is -2.48. The molecule has 0 aromatic heterocycles. The monoisotopic (exact) mass is 453 g/mol. The number of hydrazine groups is 1. The summed E-state index contributed by atoms with van der Waals surface area (Å²) in [5.41, 5.74) is 6.07. The highest BCUT2D eigenvalue weighted by molar-refractivity contribution is 7.80. The lowest BCUT2D eigenvalue weighted by Gasteiger charge is -2.10. The Bertz CT molecular complexity index is 1100. The Morgan fingerprint density at radius 1 is 1.06 bits per heavy atom. The molecule has 4 N–H and O–H groups in total. The summed E-state index contributed by atoms with van der Waals surface area (Å²) >= 11 is 4.95. The summed E-state index contributed by atoms with van der Waals surface area (Å²) in [4.78, 5) is 46.1. The Hall–Kier alpha value is -4.12. The van der Waals surface area contributed by atoms with Gasteiger partial charge in [-0.05, 0) is 61.0 Å². The second-order valence-electron chi connectivity index (χ2n) is 6.92. The number of benzene rings is 2. The molecule has 2 aromatic carbocycles. The quantitative estimate of drug-likeness (QED) is 0.227. The van der Waals surface area contributed by atoms with Crippen LogP contribution in [0.1, 0.15) is 28.8 Å². The topological polar surface area (TPSA) is 142 Å². The molecule has 0 bridgehead atoms. The van der Waals surface area contributed by atoms with Crippen LogP contribution < -0.4 is 21.5 Å². The number of amides is 3. The third-order valence-corrected chi connectivity index (χ3v) is 4.60. The van der Waals surface area contributed by atoms with E-state index in [4.69, 9.17) is 12.2 Å². The second-order valence-corrected chi connectivity index (χ2v) is 7.33. The summed E-state index contributed by atoms with van der Waals surface area (Å²) in [6, 6.07) is 12.1. The number of hydrogen-bond acceptors (Lipinski definition) is 6. The molecule has 1 aliphatic rings. The van der Waals surface area contributed by atoms with Crippen molar-refractivity contribution in [3.63, 3.8) is 0 Å². The van der Waals surface area contributed by atoms with Crippen molar-refractivity contribution in [2.24, 2.45) is 5.92 Å². The van der Waals surface area contributed by atoms with Gasteiger partial charge in [-0.2, -0.15) is 0 Å². The highest BCUT2D eigenvalue weighted by Crippen LogP contribution is 2.30. The van der Waals surface area contributed by atoms with E-state index < -0.39 is 16.7 Å².